The first kappa shape index (κ1) is 27.3. The van der Waals surface area contributed by atoms with Gasteiger partial charge >= 0.3 is 0 Å². The van der Waals surface area contributed by atoms with E-state index >= 15 is 0 Å². The molecule has 0 bridgehead atoms. The molecule has 4 N–H and O–H groups in total. The molecule has 2 heterocycles. The molecule has 10 heteroatoms. The van der Waals surface area contributed by atoms with Crippen molar-refractivity contribution < 1.29 is 32.6 Å². The van der Waals surface area contributed by atoms with Crippen molar-refractivity contribution in [1.29, 1.82) is 0 Å². The highest BCUT2D eigenvalue weighted by molar-refractivity contribution is 6.00. The predicted octanol–water partition coefficient (Wildman–Crippen LogP) is 4.66. The Morgan fingerprint density at radius 3 is 2.55 bits per heavy atom. The monoisotopic (exact) mass is 551 g/mol. The molecule has 1 atom stereocenters. The molecule has 1 unspecified atom stereocenters. The van der Waals surface area contributed by atoms with Gasteiger partial charge in [-0.05, 0) is 84.3 Å². The highest BCUT2D eigenvalue weighted by atomic mass is 19.2. The summed E-state index contributed by atoms with van der Waals surface area (Å²) in [7, 11) is 1.46. The minimum Gasteiger partial charge on any atom is -0.492 e. The number of rotatable bonds is 7. The van der Waals surface area contributed by atoms with Gasteiger partial charge in [0.2, 0.25) is 0 Å². The summed E-state index contributed by atoms with van der Waals surface area (Å²) in [5, 5.41) is 15.8. The lowest BCUT2D eigenvalue weighted by Crippen LogP contribution is -2.39. The Bertz CT molecular complexity index is 1600. The van der Waals surface area contributed by atoms with E-state index in [1.165, 1.54) is 13.1 Å². The molecule has 2 amide bonds. The number of ether oxygens (including phenoxy) is 1. The van der Waals surface area contributed by atoms with Crippen LogP contribution in [0.25, 0.3) is 22.0 Å². The van der Waals surface area contributed by atoms with Crippen LogP contribution in [0.5, 0.6) is 5.75 Å². The van der Waals surface area contributed by atoms with Crippen LogP contribution in [-0.2, 0) is 12.8 Å². The first-order valence-corrected chi connectivity index (χ1v) is 13.0. The van der Waals surface area contributed by atoms with Crippen molar-refractivity contribution in [2.24, 2.45) is 0 Å². The van der Waals surface area contributed by atoms with Crippen LogP contribution in [-0.4, -0.2) is 48.2 Å². The van der Waals surface area contributed by atoms with Gasteiger partial charge in [0.1, 0.15) is 11.6 Å². The van der Waals surface area contributed by atoms with E-state index in [-0.39, 0.29) is 17.5 Å². The lowest BCUT2D eigenvalue weighted by Gasteiger charge is -2.20. The molecule has 7 nitrogen and oxygen atoms in total. The van der Waals surface area contributed by atoms with Gasteiger partial charge in [-0.1, -0.05) is 0 Å². The maximum absolute atomic E-state index is 14.5. The van der Waals surface area contributed by atoms with E-state index in [0.717, 1.165) is 36.6 Å². The van der Waals surface area contributed by atoms with Gasteiger partial charge in [-0.25, -0.2) is 13.2 Å². The third kappa shape index (κ3) is 5.53. The number of aliphatic hydroxyl groups is 1. The Morgan fingerprint density at radius 2 is 1.77 bits per heavy atom. The van der Waals surface area contributed by atoms with Gasteiger partial charge < -0.3 is 25.5 Å². The number of hydrogen-bond acceptors (Lipinski definition) is 4. The van der Waals surface area contributed by atoms with Gasteiger partial charge in [0.05, 0.1) is 24.8 Å². The number of benzene rings is 3. The molecule has 5 rings (SSSR count). The van der Waals surface area contributed by atoms with Crippen LogP contribution in [0.3, 0.4) is 0 Å². The molecule has 0 saturated carbocycles. The quantitative estimate of drug-likeness (QED) is 0.268. The second kappa shape index (κ2) is 11.4. The van der Waals surface area contributed by atoms with Crippen molar-refractivity contribution in [3.05, 3.63) is 88.4 Å². The number of fused-ring (bicyclic) bond motifs is 2. The number of halogens is 3. The number of carbonyl (C=O) groups excluding carboxylic acids is 2. The van der Waals surface area contributed by atoms with E-state index in [2.05, 4.69) is 15.6 Å². The minimum atomic E-state index is -0.994. The molecular weight excluding hydrogens is 523 g/mol. The SMILES string of the molecule is CNC(=O)c1cc(F)cc(-c2cc3c(c(C(=O)NC(CO)Cc4c[nH]c5cc(F)c(F)cc45)c2)OCCCC3)c1. The highest BCUT2D eigenvalue weighted by Gasteiger charge is 2.24. The second-order valence-corrected chi connectivity index (χ2v) is 9.81. The Morgan fingerprint density at radius 1 is 1.00 bits per heavy atom. The van der Waals surface area contributed by atoms with Crippen LogP contribution in [0.2, 0.25) is 0 Å². The maximum atomic E-state index is 14.5. The number of hydrogen-bond donors (Lipinski definition) is 4. The second-order valence-electron chi connectivity index (χ2n) is 9.81. The molecule has 0 aliphatic carbocycles. The zero-order chi connectivity index (χ0) is 28.4. The standard InChI is InChI=1S/C30H28F3N3O4/c1-34-29(38)19-7-17(8-21(31)9-19)18-6-16-4-2-3-5-40-28(16)24(11-18)30(39)36-22(15-37)10-20-14-35-27-13-26(33)25(32)12-23(20)27/h6-9,11-14,22,35,37H,2-5,10,15H2,1H3,(H,34,38)(H,36,39). The molecule has 40 heavy (non-hydrogen) atoms. The zero-order valence-electron chi connectivity index (χ0n) is 21.7. The van der Waals surface area contributed by atoms with Gasteiger partial charge in [0.15, 0.2) is 11.6 Å². The van der Waals surface area contributed by atoms with Crippen molar-refractivity contribution in [3.63, 3.8) is 0 Å². The molecule has 0 radical (unpaired) electrons. The van der Waals surface area contributed by atoms with E-state index in [0.29, 0.717) is 46.4 Å². The van der Waals surface area contributed by atoms with Gasteiger partial charge in [-0.2, -0.15) is 0 Å². The summed E-state index contributed by atoms with van der Waals surface area (Å²) in [5.41, 5.74) is 3.09. The summed E-state index contributed by atoms with van der Waals surface area (Å²) >= 11 is 0. The summed E-state index contributed by atoms with van der Waals surface area (Å²) in [6.45, 7) is 0.0124. The van der Waals surface area contributed by atoms with E-state index < -0.39 is 41.9 Å². The molecule has 0 saturated heterocycles. The van der Waals surface area contributed by atoms with Crippen LogP contribution in [0.15, 0.2) is 48.7 Å². The third-order valence-electron chi connectivity index (χ3n) is 7.05. The number of amides is 2. The van der Waals surface area contributed by atoms with E-state index in [1.807, 2.05) is 6.07 Å². The fraction of sp³-hybridized carbons (Fsp3) is 0.267. The number of aryl methyl sites for hydroxylation is 1. The lowest BCUT2D eigenvalue weighted by atomic mass is 9.94. The number of H-pyrrole nitrogens is 1. The van der Waals surface area contributed by atoms with Crippen molar-refractivity contribution >= 4 is 22.7 Å². The molecule has 4 aromatic rings. The first-order valence-electron chi connectivity index (χ1n) is 13.0. The molecule has 1 aliphatic heterocycles. The normalized spacial score (nSPS) is 13.7. The van der Waals surface area contributed by atoms with Crippen molar-refractivity contribution in [1.82, 2.24) is 15.6 Å². The minimum absolute atomic E-state index is 0.144. The molecular formula is C30H28F3N3O4. The Hall–Kier alpha value is -4.31. The average Bonchev–Trinajstić information content (AvgIpc) is 3.16. The number of carbonyl (C=O) groups is 2. The average molecular weight is 552 g/mol. The van der Waals surface area contributed by atoms with Crippen molar-refractivity contribution in [2.75, 3.05) is 20.3 Å². The van der Waals surface area contributed by atoms with Gasteiger partial charge in [-0.3, -0.25) is 9.59 Å². The Kier molecular flexibility index (Phi) is 7.79. The van der Waals surface area contributed by atoms with Crippen LogP contribution in [0.4, 0.5) is 13.2 Å². The summed E-state index contributed by atoms with van der Waals surface area (Å²) in [6.07, 6.45) is 4.00. The van der Waals surface area contributed by atoms with Crippen LogP contribution in [0.1, 0.15) is 44.7 Å². The van der Waals surface area contributed by atoms with E-state index in [4.69, 9.17) is 4.74 Å². The maximum Gasteiger partial charge on any atom is 0.255 e. The smallest absolute Gasteiger partial charge is 0.255 e. The number of aliphatic hydroxyl groups excluding tert-OH is 1. The van der Waals surface area contributed by atoms with E-state index in [1.54, 1.807) is 18.3 Å². The largest absolute Gasteiger partial charge is 0.492 e. The van der Waals surface area contributed by atoms with Crippen molar-refractivity contribution in [3.8, 4) is 16.9 Å². The van der Waals surface area contributed by atoms with Gasteiger partial charge in [-0.15, -0.1) is 0 Å². The van der Waals surface area contributed by atoms with Crippen molar-refractivity contribution in [2.45, 2.75) is 31.7 Å². The fourth-order valence-electron chi connectivity index (χ4n) is 5.04. The van der Waals surface area contributed by atoms with Gasteiger partial charge in [0, 0.05) is 35.8 Å². The predicted molar refractivity (Wildman–Crippen MR) is 144 cm³/mol. The van der Waals surface area contributed by atoms with E-state index in [9.17, 15) is 27.9 Å². The zero-order valence-corrected chi connectivity index (χ0v) is 21.7. The summed E-state index contributed by atoms with van der Waals surface area (Å²) in [6, 6.07) is 8.79. The summed E-state index contributed by atoms with van der Waals surface area (Å²) in [5.74, 6) is -3.10. The van der Waals surface area contributed by atoms with Crippen LogP contribution >= 0.6 is 0 Å². The lowest BCUT2D eigenvalue weighted by molar-refractivity contribution is 0.0911. The van der Waals surface area contributed by atoms with Crippen LogP contribution < -0.4 is 15.4 Å². The number of aromatic nitrogens is 1. The molecule has 208 valence electrons. The third-order valence-corrected chi connectivity index (χ3v) is 7.05. The van der Waals surface area contributed by atoms with Gasteiger partial charge in [0.25, 0.3) is 11.8 Å². The summed E-state index contributed by atoms with van der Waals surface area (Å²) in [4.78, 5) is 28.7. The molecule has 3 aromatic carbocycles. The Labute approximate surface area is 228 Å². The highest BCUT2D eigenvalue weighted by Crippen LogP contribution is 2.35. The summed E-state index contributed by atoms with van der Waals surface area (Å²) < 4.78 is 47.9. The number of nitrogens with one attached hydrogen (secondary N) is 3. The fourth-order valence-corrected chi connectivity index (χ4v) is 5.04. The number of aromatic amines is 1. The first-order chi connectivity index (χ1) is 19.3. The molecule has 0 spiro atoms. The van der Waals surface area contributed by atoms with Crippen LogP contribution in [0, 0.1) is 17.5 Å². The molecule has 1 aromatic heterocycles. The topological polar surface area (TPSA) is 103 Å². The Balaban J connectivity index is 1.48. The molecule has 0 fully saturated rings. The molecule has 1 aliphatic rings.